The Bertz CT molecular complexity index is 428. The Kier molecular flexibility index (Phi) is 4.15. The molecule has 5 nitrogen and oxygen atoms in total. The number of non-ortho nitro benzene ring substituents is 1. The molecule has 5 heteroatoms. The third-order valence-electron chi connectivity index (χ3n) is 3.23. The third-order valence-corrected chi connectivity index (χ3v) is 3.23. The zero-order valence-electron chi connectivity index (χ0n) is 10.6. The van der Waals surface area contributed by atoms with Gasteiger partial charge in [-0.3, -0.25) is 15.0 Å². The van der Waals surface area contributed by atoms with Crippen molar-refractivity contribution in [3.05, 3.63) is 33.9 Å². The van der Waals surface area contributed by atoms with Crippen LogP contribution in [-0.2, 0) is 0 Å². The van der Waals surface area contributed by atoms with E-state index in [9.17, 15) is 10.1 Å². The SMILES string of the molecule is Cc1cc([N+](=O)[O-])ccc1OCCN1CCCC1. The van der Waals surface area contributed by atoms with Crippen LogP contribution in [-0.4, -0.2) is 36.1 Å². The van der Waals surface area contributed by atoms with E-state index in [2.05, 4.69) is 4.90 Å². The number of likely N-dealkylation sites (tertiary alicyclic amines) is 1. The summed E-state index contributed by atoms with van der Waals surface area (Å²) in [5.74, 6) is 0.736. The lowest BCUT2D eigenvalue weighted by Gasteiger charge is -2.15. The molecule has 1 saturated heterocycles. The summed E-state index contributed by atoms with van der Waals surface area (Å²) >= 11 is 0. The zero-order chi connectivity index (χ0) is 13.0. The number of nitro groups is 1. The van der Waals surface area contributed by atoms with E-state index in [1.165, 1.54) is 18.9 Å². The van der Waals surface area contributed by atoms with E-state index >= 15 is 0 Å². The lowest BCUT2D eigenvalue weighted by Crippen LogP contribution is -2.25. The second kappa shape index (κ2) is 5.82. The minimum absolute atomic E-state index is 0.111. The Labute approximate surface area is 107 Å². The first kappa shape index (κ1) is 12.8. The molecule has 0 spiro atoms. The molecule has 1 aromatic carbocycles. The predicted molar refractivity (Wildman–Crippen MR) is 69.0 cm³/mol. The van der Waals surface area contributed by atoms with Crippen molar-refractivity contribution in [3.63, 3.8) is 0 Å². The molecule has 0 aromatic heterocycles. The van der Waals surface area contributed by atoms with Crippen LogP contribution < -0.4 is 4.74 Å². The number of rotatable bonds is 5. The van der Waals surface area contributed by atoms with Gasteiger partial charge in [0.1, 0.15) is 12.4 Å². The van der Waals surface area contributed by atoms with Crippen LogP contribution in [0.1, 0.15) is 18.4 Å². The summed E-state index contributed by atoms with van der Waals surface area (Å²) in [6, 6.07) is 4.71. The molecule has 0 radical (unpaired) electrons. The van der Waals surface area contributed by atoms with Crippen molar-refractivity contribution in [3.8, 4) is 5.75 Å². The number of aryl methyl sites for hydroxylation is 1. The summed E-state index contributed by atoms with van der Waals surface area (Å²) in [6.45, 7) is 5.71. The predicted octanol–water partition coefficient (Wildman–Crippen LogP) is 2.38. The van der Waals surface area contributed by atoms with Gasteiger partial charge in [0.2, 0.25) is 0 Å². The maximum atomic E-state index is 10.6. The molecule has 2 rings (SSSR count). The van der Waals surface area contributed by atoms with Gasteiger partial charge in [-0.15, -0.1) is 0 Å². The van der Waals surface area contributed by atoms with Gasteiger partial charge in [0.05, 0.1) is 4.92 Å². The lowest BCUT2D eigenvalue weighted by atomic mass is 10.2. The van der Waals surface area contributed by atoms with Crippen LogP contribution in [0.15, 0.2) is 18.2 Å². The Hall–Kier alpha value is -1.62. The number of ether oxygens (including phenoxy) is 1. The van der Waals surface area contributed by atoms with Crippen molar-refractivity contribution in [1.29, 1.82) is 0 Å². The maximum Gasteiger partial charge on any atom is 0.269 e. The molecule has 98 valence electrons. The first-order valence-electron chi connectivity index (χ1n) is 6.27. The lowest BCUT2D eigenvalue weighted by molar-refractivity contribution is -0.384. The monoisotopic (exact) mass is 250 g/mol. The molecule has 18 heavy (non-hydrogen) atoms. The van der Waals surface area contributed by atoms with E-state index in [0.717, 1.165) is 30.9 Å². The number of nitro benzene ring substituents is 1. The van der Waals surface area contributed by atoms with Gasteiger partial charge in [0, 0.05) is 18.7 Å². The molecule has 0 unspecified atom stereocenters. The molecule has 1 aliphatic heterocycles. The topological polar surface area (TPSA) is 55.6 Å². The fourth-order valence-electron chi connectivity index (χ4n) is 2.20. The molecule has 0 aliphatic carbocycles. The number of nitrogens with zero attached hydrogens (tertiary/aromatic N) is 2. The summed E-state index contributed by atoms with van der Waals surface area (Å²) in [6.07, 6.45) is 2.55. The Morgan fingerprint density at radius 1 is 1.39 bits per heavy atom. The van der Waals surface area contributed by atoms with Crippen LogP contribution in [0.25, 0.3) is 0 Å². The summed E-state index contributed by atoms with van der Waals surface area (Å²) in [4.78, 5) is 12.6. The Balaban J connectivity index is 1.87. The molecule has 1 fully saturated rings. The van der Waals surface area contributed by atoms with E-state index in [1.807, 2.05) is 6.92 Å². The molecular weight excluding hydrogens is 232 g/mol. The van der Waals surface area contributed by atoms with Crippen LogP contribution in [0.2, 0.25) is 0 Å². The molecule has 0 bridgehead atoms. The van der Waals surface area contributed by atoms with Gasteiger partial charge < -0.3 is 4.74 Å². The van der Waals surface area contributed by atoms with E-state index in [0.29, 0.717) is 6.61 Å². The van der Waals surface area contributed by atoms with Crippen LogP contribution in [0, 0.1) is 17.0 Å². The minimum atomic E-state index is -0.388. The van der Waals surface area contributed by atoms with E-state index in [4.69, 9.17) is 4.74 Å². The summed E-state index contributed by atoms with van der Waals surface area (Å²) < 4.78 is 5.67. The highest BCUT2D eigenvalue weighted by atomic mass is 16.6. The first-order chi connectivity index (χ1) is 8.66. The molecular formula is C13H18N2O3. The highest BCUT2D eigenvalue weighted by molar-refractivity contribution is 5.42. The van der Waals surface area contributed by atoms with Crippen molar-refractivity contribution in [1.82, 2.24) is 4.90 Å². The van der Waals surface area contributed by atoms with Gasteiger partial charge in [-0.05, 0) is 44.5 Å². The number of hydrogen-bond donors (Lipinski definition) is 0. The smallest absolute Gasteiger partial charge is 0.269 e. The van der Waals surface area contributed by atoms with Crippen LogP contribution in [0.4, 0.5) is 5.69 Å². The number of hydrogen-bond acceptors (Lipinski definition) is 4. The van der Waals surface area contributed by atoms with Crippen molar-refractivity contribution in [2.75, 3.05) is 26.2 Å². The molecule has 0 saturated carbocycles. The van der Waals surface area contributed by atoms with Crippen molar-refractivity contribution >= 4 is 5.69 Å². The largest absolute Gasteiger partial charge is 0.492 e. The van der Waals surface area contributed by atoms with E-state index in [1.54, 1.807) is 12.1 Å². The standard InChI is InChI=1S/C13H18N2O3/c1-11-10-12(15(16)17)4-5-13(11)18-9-8-14-6-2-3-7-14/h4-5,10H,2-3,6-9H2,1H3. The quantitative estimate of drug-likeness (QED) is 0.594. The second-order valence-corrected chi connectivity index (χ2v) is 4.60. The van der Waals surface area contributed by atoms with Crippen LogP contribution in [0.5, 0.6) is 5.75 Å². The molecule has 0 N–H and O–H groups in total. The summed E-state index contributed by atoms with van der Waals surface area (Å²) in [5.41, 5.74) is 0.921. The van der Waals surface area contributed by atoms with E-state index < -0.39 is 0 Å². The van der Waals surface area contributed by atoms with Gasteiger partial charge in [-0.25, -0.2) is 0 Å². The van der Waals surface area contributed by atoms with Gasteiger partial charge in [0.15, 0.2) is 0 Å². The van der Waals surface area contributed by atoms with Crippen molar-refractivity contribution in [2.24, 2.45) is 0 Å². The zero-order valence-corrected chi connectivity index (χ0v) is 10.6. The van der Waals surface area contributed by atoms with Gasteiger partial charge in [0.25, 0.3) is 5.69 Å². The van der Waals surface area contributed by atoms with Gasteiger partial charge in [-0.1, -0.05) is 0 Å². The highest BCUT2D eigenvalue weighted by Gasteiger charge is 2.12. The maximum absolute atomic E-state index is 10.6. The van der Waals surface area contributed by atoms with Crippen molar-refractivity contribution < 1.29 is 9.66 Å². The molecule has 0 atom stereocenters. The van der Waals surface area contributed by atoms with Gasteiger partial charge in [-0.2, -0.15) is 0 Å². The summed E-state index contributed by atoms with van der Waals surface area (Å²) in [5, 5.41) is 10.6. The minimum Gasteiger partial charge on any atom is -0.492 e. The summed E-state index contributed by atoms with van der Waals surface area (Å²) in [7, 11) is 0. The third kappa shape index (κ3) is 3.20. The molecule has 0 amide bonds. The normalized spacial score (nSPS) is 15.8. The Morgan fingerprint density at radius 3 is 2.72 bits per heavy atom. The van der Waals surface area contributed by atoms with Gasteiger partial charge >= 0.3 is 0 Å². The molecule has 1 aliphatic rings. The number of benzene rings is 1. The van der Waals surface area contributed by atoms with Crippen LogP contribution in [0.3, 0.4) is 0 Å². The molecule has 1 heterocycles. The first-order valence-corrected chi connectivity index (χ1v) is 6.27. The average molecular weight is 250 g/mol. The Morgan fingerprint density at radius 2 is 2.11 bits per heavy atom. The molecule has 1 aromatic rings. The van der Waals surface area contributed by atoms with Crippen LogP contribution >= 0.6 is 0 Å². The van der Waals surface area contributed by atoms with E-state index in [-0.39, 0.29) is 10.6 Å². The highest BCUT2D eigenvalue weighted by Crippen LogP contribution is 2.23. The average Bonchev–Trinajstić information content (AvgIpc) is 2.84. The van der Waals surface area contributed by atoms with Crippen molar-refractivity contribution in [2.45, 2.75) is 19.8 Å². The fraction of sp³-hybridized carbons (Fsp3) is 0.538. The second-order valence-electron chi connectivity index (χ2n) is 4.60. The fourth-order valence-corrected chi connectivity index (χ4v) is 2.20.